The third kappa shape index (κ3) is 9.12. The molecule has 1 amide bonds. The number of rotatable bonds is 12. The fourth-order valence-corrected chi connectivity index (χ4v) is 3.74. The number of nitrogens with zero attached hydrogens (tertiary/aromatic N) is 1. The summed E-state index contributed by atoms with van der Waals surface area (Å²) in [6.45, 7) is 3.53. The fraction of sp³-hybridized carbons (Fsp3) is 0.938. The monoisotopic (exact) mass is 348 g/mol. The van der Waals surface area contributed by atoms with E-state index in [1.165, 1.54) is 44.9 Å². The summed E-state index contributed by atoms with van der Waals surface area (Å²) in [4.78, 5) is 13.9. The fourth-order valence-electron chi connectivity index (χ4n) is 2.91. The normalized spacial score (nSPS) is 18.7. The molecule has 0 saturated carbocycles. The Labute approximate surface area is 141 Å². The van der Waals surface area contributed by atoms with Crippen LogP contribution in [0.15, 0.2) is 0 Å². The Morgan fingerprint density at radius 1 is 1.14 bits per heavy atom. The lowest BCUT2D eigenvalue weighted by Gasteiger charge is -2.15. The second-order valence-electron chi connectivity index (χ2n) is 6.17. The van der Waals surface area contributed by atoms with Gasteiger partial charge in [-0.15, -0.1) is 4.52 Å². The topological polar surface area (TPSA) is 46.6 Å². The summed E-state index contributed by atoms with van der Waals surface area (Å²) >= 11 is 3.75. The highest BCUT2D eigenvalue weighted by Crippen LogP contribution is 2.32. The minimum atomic E-state index is -1.87. The predicted molar refractivity (Wildman–Crippen MR) is 94.5 cm³/mol. The lowest BCUT2D eigenvalue weighted by atomic mass is 10.1. The summed E-state index contributed by atoms with van der Waals surface area (Å²) in [6, 6.07) is 0. The first-order valence-corrected chi connectivity index (χ1v) is 11.1. The van der Waals surface area contributed by atoms with Gasteiger partial charge in [0.1, 0.15) is 18.4 Å². The summed E-state index contributed by atoms with van der Waals surface area (Å²) in [7, 11) is -1.87. The Hall–Kier alpha value is -0.120. The van der Waals surface area contributed by atoms with Crippen molar-refractivity contribution in [3.8, 4) is 0 Å². The first-order chi connectivity index (χ1) is 10.6. The van der Waals surface area contributed by atoms with Crippen LogP contribution in [0.2, 0.25) is 0 Å². The van der Waals surface area contributed by atoms with Crippen LogP contribution >= 0.6 is 19.5 Å². The van der Waals surface area contributed by atoms with E-state index in [0.717, 1.165) is 25.8 Å². The van der Waals surface area contributed by atoms with Gasteiger partial charge in [0.15, 0.2) is 0 Å². The van der Waals surface area contributed by atoms with E-state index in [9.17, 15) is 9.36 Å². The molecule has 0 N–H and O–H groups in total. The van der Waals surface area contributed by atoms with Crippen molar-refractivity contribution in [3.05, 3.63) is 0 Å². The minimum Gasteiger partial charge on any atom is -0.340 e. The number of hydrogen-bond acceptors (Lipinski definition) is 3. The first-order valence-electron chi connectivity index (χ1n) is 8.74. The second-order valence-corrected chi connectivity index (χ2v) is 7.84. The van der Waals surface area contributed by atoms with Crippen LogP contribution in [-0.4, -0.2) is 30.0 Å². The van der Waals surface area contributed by atoms with E-state index in [-0.39, 0.29) is 12.0 Å². The number of likely N-dealkylation sites (tertiary alicyclic amines) is 1. The molecule has 1 saturated heterocycles. The number of unbranched alkanes of at least 4 members (excludes halogenated alkanes) is 8. The van der Waals surface area contributed by atoms with Gasteiger partial charge in [-0.2, -0.15) is 0 Å². The van der Waals surface area contributed by atoms with Crippen LogP contribution in [0.25, 0.3) is 0 Å². The summed E-state index contributed by atoms with van der Waals surface area (Å²) < 4.78 is 16.1. The van der Waals surface area contributed by atoms with Crippen molar-refractivity contribution in [1.29, 1.82) is 0 Å². The van der Waals surface area contributed by atoms with Gasteiger partial charge < -0.3 is 4.90 Å². The lowest BCUT2D eigenvalue weighted by Crippen LogP contribution is -2.29. The van der Waals surface area contributed by atoms with E-state index >= 15 is 0 Å². The number of amides is 1. The molecule has 1 rings (SSSR count). The van der Waals surface area contributed by atoms with Crippen LogP contribution < -0.4 is 0 Å². The van der Waals surface area contributed by atoms with Crippen molar-refractivity contribution in [3.63, 3.8) is 0 Å². The van der Waals surface area contributed by atoms with Gasteiger partial charge in [-0.25, -0.2) is 0 Å². The molecule has 0 bridgehead atoms. The smallest absolute Gasteiger partial charge is 0.340 e. The van der Waals surface area contributed by atoms with E-state index in [1.54, 1.807) is 0 Å². The maximum atomic E-state index is 12.1. The Kier molecular flexibility index (Phi) is 11.2. The minimum absolute atomic E-state index is 0.104. The standard InChI is InChI=1S/C16H30NO3PS/c1-2-3-4-5-6-7-8-9-10-11-16(18)17-13-12-15(14-17)20-21(19)22/h15H,2-14H2,1H3/p+1/t15-/m0/s1. The Bertz CT molecular complexity index is 341. The molecule has 0 aromatic heterocycles. The highest BCUT2D eigenvalue weighted by Gasteiger charge is 2.31. The van der Waals surface area contributed by atoms with Gasteiger partial charge in [0.25, 0.3) is 0 Å². The average molecular weight is 348 g/mol. The molecule has 1 heterocycles. The summed E-state index contributed by atoms with van der Waals surface area (Å²) in [5.41, 5.74) is 0. The summed E-state index contributed by atoms with van der Waals surface area (Å²) in [6.07, 6.45) is 12.7. The van der Waals surface area contributed by atoms with Gasteiger partial charge in [-0.3, -0.25) is 4.79 Å². The molecule has 128 valence electrons. The maximum Gasteiger partial charge on any atom is 0.582 e. The van der Waals surface area contributed by atoms with E-state index in [0.29, 0.717) is 13.0 Å². The van der Waals surface area contributed by atoms with Crippen LogP contribution in [0.4, 0.5) is 0 Å². The highest BCUT2D eigenvalue weighted by molar-refractivity contribution is 8.39. The molecular formula is C16H31NO3PS+. The summed E-state index contributed by atoms with van der Waals surface area (Å²) in [5, 5.41) is 0. The van der Waals surface area contributed by atoms with E-state index in [4.69, 9.17) is 4.52 Å². The molecule has 1 aliphatic heterocycles. The molecule has 22 heavy (non-hydrogen) atoms. The quantitative estimate of drug-likeness (QED) is 0.303. The zero-order valence-corrected chi connectivity index (χ0v) is 15.6. The third-order valence-electron chi connectivity index (χ3n) is 4.23. The first kappa shape index (κ1) is 19.9. The third-order valence-corrected chi connectivity index (χ3v) is 4.99. The number of hydrogen-bond donors (Lipinski definition) is 1. The molecule has 0 spiro atoms. The highest BCUT2D eigenvalue weighted by atomic mass is 32.7. The van der Waals surface area contributed by atoms with Crippen molar-refractivity contribution in [1.82, 2.24) is 4.90 Å². The van der Waals surface area contributed by atoms with Gasteiger partial charge >= 0.3 is 7.23 Å². The zero-order chi connectivity index (χ0) is 16.2. The van der Waals surface area contributed by atoms with E-state index < -0.39 is 7.23 Å². The van der Waals surface area contributed by atoms with Gasteiger partial charge in [-0.1, -0.05) is 58.3 Å². The molecule has 2 atom stereocenters. The van der Waals surface area contributed by atoms with Crippen molar-refractivity contribution in [2.75, 3.05) is 13.1 Å². The molecule has 0 aromatic rings. The maximum absolute atomic E-state index is 12.1. The van der Waals surface area contributed by atoms with E-state index in [1.807, 2.05) is 4.90 Å². The Morgan fingerprint density at radius 2 is 1.73 bits per heavy atom. The Morgan fingerprint density at radius 3 is 2.32 bits per heavy atom. The van der Waals surface area contributed by atoms with Crippen molar-refractivity contribution >= 4 is 25.4 Å². The zero-order valence-electron chi connectivity index (χ0n) is 13.8. The van der Waals surface area contributed by atoms with Crippen LogP contribution in [0.5, 0.6) is 0 Å². The van der Waals surface area contributed by atoms with Gasteiger partial charge in [0.2, 0.25) is 5.91 Å². The molecular weight excluding hydrogens is 317 g/mol. The summed E-state index contributed by atoms with van der Waals surface area (Å²) in [5.74, 6) is 0.212. The molecule has 1 aliphatic rings. The van der Waals surface area contributed by atoms with Crippen molar-refractivity contribution < 1.29 is 13.9 Å². The average Bonchev–Trinajstić information content (AvgIpc) is 2.93. The molecule has 4 nitrogen and oxygen atoms in total. The van der Waals surface area contributed by atoms with Crippen molar-refractivity contribution in [2.45, 2.75) is 83.7 Å². The molecule has 0 radical (unpaired) electrons. The van der Waals surface area contributed by atoms with Crippen LogP contribution in [0, 0.1) is 0 Å². The lowest BCUT2D eigenvalue weighted by molar-refractivity contribution is -0.130. The Balaban J connectivity index is 1.97. The predicted octanol–water partition coefficient (Wildman–Crippen LogP) is 5.11. The molecule has 1 fully saturated rings. The van der Waals surface area contributed by atoms with Crippen LogP contribution in [0.3, 0.4) is 0 Å². The van der Waals surface area contributed by atoms with E-state index in [2.05, 4.69) is 19.2 Å². The largest absolute Gasteiger partial charge is 0.582 e. The number of carbonyl (C=O) groups excluding carboxylic acids is 1. The second kappa shape index (κ2) is 12.3. The number of thiol groups is 1. The van der Waals surface area contributed by atoms with Crippen molar-refractivity contribution in [2.24, 2.45) is 0 Å². The van der Waals surface area contributed by atoms with Gasteiger partial charge in [0.05, 0.1) is 6.54 Å². The number of carbonyl (C=O) groups is 1. The van der Waals surface area contributed by atoms with Crippen LogP contribution in [-0.2, 0) is 13.9 Å². The molecule has 1 unspecified atom stereocenters. The van der Waals surface area contributed by atoms with Crippen LogP contribution in [0.1, 0.15) is 77.6 Å². The molecule has 0 aliphatic carbocycles. The SMILES string of the molecule is CCCCCCCCCCCC(=O)N1CC[C@H](O[P+](=O)S)C1. The molecule has 0 aromatic carbocycles. The van der Waals surface area contributed by atoms with Gasteiger partial charge in [0, 0.05) is 13.0 Å². The van der Waals surface area contributed by atoms with Gasteiger partial charge in [-0.05, 0) is 17.4 Å². The molecule has 6 heteroatoms.